The van der Waals surface area contributed by atoms with Gasteiger partial charge in [-0.3, -0.25) is 4.79 Å². The number of ether oxygens (including phenoxy) is 3. The smallest absolute Gasteiger partial charge is 0.336 e. The Morgan fingerprint density at radius 1 is 0.660 bits per heavy atom. The first-order valence-corrected chi connectivity index (χ1v) is 17.7. The number of fused-ring (bicyclic) bond motifs is 1. The van der Waals surface area contributed by atoms with Gasteiger partial charge in [-0.2, -0.15) is 0 Å². The maximum atomic E-state index is 13.7. The third-order valence-corrected chi connectivity index (χ3v) is 9.01. The topological polar surface area (TPSA) is 102 Å². The first kappa shape index (κ1) is 38.3. The molecule has 1 amide bonds. The predicted octanol–water partition coefficient (Wildman–Crippen LogP) is 7.64. The molecule has 0 saturated carbocycles. The van der Waals surface area contributed by atoms with E-state index >= 15 is 0 Å². The van der Waals surface area contributed by atoms with E-state index in [-0.39, 0.29) is 13.2 Å². The van der Waals surface area contributed by atoms with Crippen LogP contribution < -0.4 is 0 Å². The Bertz CT molecular complexity index is 1670. The number of rotatable bonds is 21. The van der Waals surface area contributed by atoms with Crippen LogP contribution >= 0.6 is 0 Å². The minimum Gasteiger partial charge on any atom is -0.479 e. The number of amides is 1. The molecule has 0 fully saturated rings. The summed E-state index contributed by atoms with van der Waals surface area (Å²) in [5, 5.41) is 12.5. The molecule has 4 rings (SSSR count). The zero-order chi connectivity index (χ0) is 35.7. The lowest BCUT2D eigenvalue weighted by Gasteiger charge is -2.28. The molecule has 0 unspecified atom stereocenters. The van der Waals surface area contributed by atoms with Crippen molar-refractivity contribution in [2.75, 3.05) is 26.8 Å². The molecule has 8 heteroatoms. The minimum absolute atomic E-state index is 0.0331. The second-order valence-corrected chi connectivity index (χ2v) is 13.0. The SMILES string of the molecule is Cc1ccc(CCCCCO[C@@H](C(=O)N(C)CCCCCc2ccc3ccccc3c2)[C@@H](OCC(=O)OCc2ccccc2)C(=O)O)cc1C. The highest BCUT2D eigenvalue weighted by Crippen LogP contribution is 2.18. The zero-order valence-electron chi connectivity index (χ0n) is 29.6. The van der Waals surface area contributed by atoms with Crippen LogP contribution in [0, 0.1) is 13.8 Å². The van der Waals surface area contributed by atoms with Gasteiger partial charge < -0.3 is 24.2 Å². The number of carbonyl (C=O) groups excluding carboxylic acids is 2. The van der Waals surface area contributed by atoms with Crippen LogP contribution in [0.2, 0.25) is 0 Å². The van der Waals surface area contributed by atoms with Crippen LogP contribution in [0.4, 0.5) is 0 Å². The quantitative estimate of drug-likeness (QED) is 0.0713. The van der Waals surface area contributed by atoms with E-state index in [1.165, 1.54) is 37.9 Å². The lowest BCUT2D eigenvalue weighted by molar-refractivity contribution is -0.177. The standard InChI is InChI=1S/C42H51NO7/c1-31-21-22-33(27-32(31)2)15-10-6-14-26-48-39(40(42(46)47)50-30-38(44)49-29-35-17-7-4-8-18-35)41(45)43(3)25-13-5-9-16-34-23-24-36-19-11-12-20-37(36)28-34/h4,7-8,11-12,17-24,27-28,39-40H,5-6,9-10,13-16,25-26,29-30H2,1-3H3,(H,46,47)/t39-,40-/m1/s1. The molecule has 2 atom stereocenters. The lowest BCUT2D eigenvalue weighted by atomic mass is 10.0. The first-order chi connectivity index (χ1) is 24.2. The second-order valence-electron chi connectivity index (χ2n) is 13.0. The van der Waals surface area contributed by atoms with Gasteiger partial charge >= 0.3 is 11.9 Å². The van der Waals surface area contributed by atoms with Crippen molar-refractivity contribution in [3.05, 3.63) is 119 Å². The molecule has 0 aliphatic carbocycles. The summed E-state index contributed by atoms with van der Waals surface area (Å²) >= 11 is 0. The number of hydrogen-bond acceptors (Lipinski definition) is 6. The maximum Gasteiger partial charge on any atom is 0.336 e. The van der Waals surface area contributed by atoms with Crippen LogP contribution in [-0.2, 0) is 48.0 Å². The highest BCUT2D eigenvalue weighted by molar-refractivity contribution is 5.88. The number of aryl methyl sites for hydroxylation is 4. The fourth-order valence-electron chi connectivity index (χ4n) is 5.87. The fraction of sp³-hybridized carbons (Fsp3) is 0.405. The molecule has 0 aromatic heterocycles. The van der Waals surface area contributed by atoms with Crippen molar-refractivity contribution in [1.82, 2.24) is 4.90 Å². The van der Waals surface area contributed by atoms with Crippen molar-refractivity contribution in [3.63, 3.8) is 0 Å². The Balaban J connectivity index is 1.28. The largest absolute Gasteiger partial charge is 0.479 e. The van der Waals surface area contributed by atoms with Crippen LogP contribution in [0.1, 0.15) is 66.3 Å². The van der Waals surface area contributed by atoms with E-state index in [0.29, 0.717) is 13.0 Å². The number of unbranched alkanes of at least 4 members (excludes halogenated alkanes) is 4. The number of aliphatic carboxylic acids is 1. The third-order valence-electron chi connectivity index (χ3n) is 9.01. The van der Waals surface area contributed by atoms with Gasteiger partial charge in [0.2, 0.25) is 0 Å². The molecular weight excluding hydrogens is 630 g/mol. The number of nitrogens with zero attached hydrogens (tertiary/aromatic N) is 1. The molecule has 0 saturated heterocycles. The van der Waals surface area contributed by atoms with E-state index in [2.05, 4.69) is 62.4 Å². The molecule has 0 heterocycles. The van der Waals surface area contributed by atoms with Crippen molar-refractivity contribution < 1.29 is 33.7 Å². The van der Waals surface area contributed by atoms with Gasteiger partial charge in [-0.25, -0.2) is 9.59 Å². The summed E-state index contributed by atoms with van der Waals surface area (Å²) in [5.41, 5.74) is 5.88. The molecule has 4 aromatic carbocycles. The normalized spacial score (nSPS) is 12.4. The summed E-state index contributed by atoms with van der Waals surface area (Å²) in [5.74, 6) is -2.59. The molecule has 1 N–H and O–H groups in total. The molecule has 4 aromatic rings. The lowest BCUT2D eigenvalue weighted by Crippen LogP contribution is -2.50. The van der Waals surface area contributed by atoms with Crippen molar-refractivity contribution in [2.24, 2.45) is 0 Å². The highest BCUT2D eigenvalue weighted by Gasteiger charge is 2.38. The maximum absolute atomic E-state index is 13.7. The Hall–Kier alpha value is -4.53. The summed E-state index contributed by atoms with van der Waals surface area (Å²) < 4.78 is 16.7. The highest BCUT2D eigenvalue weighted by atomic mass is 16.6. The zero-order valence-corrected chi connectivity index (χ0v) is 29.6. The molecule has 266 valence electrons. The van der Waals surface area contributed by atoms with E-state index in [9.17, 15) is 19.5 Å². The number of likely N-dealkylation sites (N-methyl/N-ethyl adjacent to an activating group) is 1. The Morgan fingerprint density at radius 3 is 2.04 bits per heavy atom. The van der Waals surface area contributed by atoms with Crippen LogP contribution in [0.15, 0.2) is 91.0 Å². The Morgan fingerprint density at radius 2 is 1.32 bits per heavy atom. The summed E-state index contributed by atoms with van der Waals surface area (Å²) in [4.78, 5) is 40.0. The summed E-state index contributed by atoms with van der Waals surface area (Å²) in [7, 11) is 1.65. The average molecular weight is 682 g/mol. The van der Waals surface area contributed by atoms with Crippen molar-refractivity contribution in [1.29, 1.82) is 0 Å². The summed E-state index contributed by atoms with van der Waals surface area (Å²) in [6.07, 6.45) is 3.86. The van der Waals surface area contributed by atoms with Gasteiger partial charge in [-0.05, 0) is 91.0 Å². The fourth-order valence-corrected chi connectivity index (χ4v) is 5.87. The van der Waals surface area contributed by atoms with Gasteiger partial charge in [-0.1, -0.05) is 104 Å². The number of carboxylic acids is 1. The number of carbonyl (C=O) groups is 3. The molecular formula is C42H51NO7. The number of esters is 1. The van der Waals surface area contributed by atoms with Gasteiger partial charge in [0.05, 0.1) is 0 Å². The van der Waals surface area contributed by atoms with Gasteiger partial charge in [0.25, 0.3) is 5.91 Å². The first-order valence-electron chi connectivity index (χ1n) is 17.7. The van der Waals surface area contributed by atoms with Crippen LogP contribution in [0.5, 0.6) is 0 Å². The van der Waals surface area contributed by atoms with Crippen LogP contribution in [0.3, 0.4) is 0 Å². The van der Waals surface area contributed by atoms with Crippen LogP contribution in [0.25, 0.3) is 10.8 Å². The van der Waals surface area contributed by atoms with Gasteiger partial charge in [0.1, 0.15) is 13.2 Å². The Labute approximate surface area is 296 Å². The van der Waals surface area contributed by atoms with E-state index < -0.39 is 36.7 Å². The van der Waals surface area contributed by atoms with E-state index in [0.717, 1.165) is 50.5 Å². The van der Waals surface area contributed by atoms with E-state index in [4.69, 9.17) is 14.2 Å². The summed E-state index contributed by atoms with van der Waals surface area (Å²) in [6.45, 7) is 4.25. The van der Waals surface area contributed by atoms with Gasteiger partial charge in [-0.15, -0.1) is 0 Å². The van der Waals surface area contributed by atoms with Crippen molar-refractivity contribution in [2.45, 2.75) is 84.0 Å². The van der Waals surface area contributed by atoms with Gasteiger partial charge in [0.15, 0.2) is 12.2 Å². The summed E-state index contributed by atoms with van der Waals surface area (Å²) in [6, 6.07) is 30.5. The molecule has 8 nitrogen and oxygen atoms in total. The molecule has 50 heavy (non-hydrogen) atoms. The molecule has 0 bridgehead atoms. The predicted molar refractivity (Wildman–Crippen MR) is 196 cm³/mol. The van der Waals surface area contributed by atoms with E-state index in [1.807, 2.05) is 42.5 Å². The molecule has 0 aliphatic rings. The molecule has 0 radical (unpaired) electrons. The molecule has 0 aliphatic heterocycles. The van der Waals surface area contributed by atoms with Crippen LogP contribution in [-0.4, -0.2) is 66.9 Å². The third kappa shape index (κ3) is 12.4. The van der Waals surface area contributed by atoms with Crippen molar-refractivity contribution >= 4 is 28.6 Å². The average Bonchev–Trinajstić information content (AvgIpc) is 3.12. The van der Waals surface area contributed by atoms with Gasteiger partial charge in [0, 0.05) is 20.2 Å². The monoisotopic (exact) mass is 681 g/mol. The second kappa shape index (κ2) is 20.2. The number of carboxylic acid groups (broad SMARTS) is 1. The number of benzene rings is 4. The Kier molecular flexibility index (Phi) is 15.5. The minimum atomic E-state index is -1.67. The number of hydrogen-bond donors (Lipinski definition) is 1. The molecule has 0 spiro atoms. The van der Waals surface area contributed by atoms with Crippen molar-refractivity contribution in [3.8, 4) is 0 Å². The van der Waals surface area contributed by atoms with E-state index in [1.54, 1.807) is 7.05 Å².